The Labute approximate surface area is 59.8 Å². The molecular formula is C7H13Br. The number of hydrogen-bond donors (Lipinski definition) is 0. The van der Waals surface area contributed by atoms with Crippen molar-refractivity contribution in [3.8, 4) is 0 Å². The minimum absolute atomic E-state index is 0.825. The van der Waals surface area contributed by atoms with Crippen molar-refractivity contribution in [1.29, 1.82) is 0 Å². The second kappa shape index (κ2) is 2.86. The van der Waals surface area contributed by atoms with Gasteiger partial charge in [-0.15, -0.1) is 0 Å². The van der Waals surface area contributed by atoms with Gasteiger partial charge in [-0.3, -0.25) is 0 Å². The van der Waals surface area contributed by atoms with E-state index in [1.807, 2.05) is 0 Å². The van der Waals surface area contributed by atoms with E-state index in [1.54, 1.807) is 0 Å². The van der Waals surface area contributed by atoms with Crippen LogP contribution in [0.3, 0.4) is 0 Å². The van der Waals surface area contributed by atoms with Crippen LogP contribution in [0.4, 0.5) is 0 Å². The summed E-state index contributed by atoms with van der Waals surface area (Å²) in [7, 11) is 0. The second-order valence-electron chi connectivity index (χ2n) is 2.87. The van der Waals surface area contributed by atoms with Gasteiger partial charge in [0.2, 0.25) is 0 Å². The quantitative estimate of drug-likeness (QED) is 0.499. The Kier molecular flexibility index (Phi) is 2.36. The summed E-state index contributed by atoms with van der Waals surface area (Å²) in [5.74, 6) is 0.966. The van der Waals surface area contributed by atoms with E-state index in [2.05, 4.69) is 22.9 Å². The third kappa shape index (κ3) is 1.77. The fraction of sp³-hybridized carbons (Fsp3) is 1.00. The van der Waals surface area contributed by atoms with E-state index in [-0.39, 0.29) is 0 Å². The van der Waals surface area contributed by atoms with Crippen LogP contribution in [0.5, 0.6) is 0 Å². The summed E-state index contributed by atoms with van der Waals surface area (Å²) in [4.78, 5) is 0.825. The fourth-order valence-electron chi connectivity index (χ4n) is 1.36. The lowest BCUT2D eigenvalue weighted by Crippen LogP contribution is -2.11. The van der Waals surface area contributed by atoms with Gasteiger partial charge in [-0.2, -0.15) is 0 Å². The zero-order valence-corrected chi connectivity index (χ0v) is 6.95. The molecule has 48 valence electrons. The van der Waals surface area contributed by atoms with Crippen LogP contribution < -0.4 is 0 Å². The lowest BCUT2D eigenvalue weighted by Gasteiger charge is -2.21. The van der Waals surface area contributed by atoms with Crippen LogP contribution in [0.2, 0.25) is 0 Å². The summed E-state index contributed by atoms with van der Waals surface area (Å²) >= 11 is 3.63. The van der Waals surface area contributed by atoms with Crippen molar-refractivity contribution in [3.63, 3.8) is 0 Å². The minimum Gasteiger partial charge on any atom is -0.0891 e. The molecule has 0 aromatic carbocycles. The first-order valence-corrected chi connectivity index (χ1v) is 4.34. The maximum atomic E-state index is 3.63. The van der Waals surface area contributed by atoms with Crippen LogP contribution in [0, 0.1) is 5.92 Å². The van der Waals surface area contributed by atoms with Gasteiger partial charge in [-0.05, 0) is 18.8 Å². The van der Waals surface area contributed by atoms with E-state index in [1.165, 1.54) is 25.7 Å². The summed E-state index contributed by atoms with van der Waals surface area (Å²) in [6, 6.07) is 0. The van der Waals surface area contributed by atoms with Gasteiger partial charge < -0.3 is 0 Å². The van der Waals surface area contributed by atoms with E-state index in [4.69, 9.17) is 0 Å². The lowest BCUT2D eigenvalue weighted by molar-refractivity contribution is 0.398. The first-order chi connectivity index (χ1) is 3.79. The van der Waals surface area contributed by atoms with Crippen molar-refractivity contribution >= 4 is 15.9 Å². The first-order valence-electron chi connectivity index (χ1n) is 3.43. The highest BCUT2D eigenvalue weighted by Gasteiger charge is 2.14. The predicted molar refractivity (Wildman–Crippen MR) is 40.3 cm³/mol. The van der Waals surface area contributed by atoms with E-state index >= 15 is 0 Å². The summed E-state index contributed by atoms with van der Waals surface area (Å²) in [6.07, 6.45) is 5.66. The molecule has 1 saturated carbocycles. The molecule has 1 fully saturated rings. The molecule has 1 aliphatic carbocycles. The Hall–Kier alpha value is 0.480. The molecule has 1 aliphatic rings. The largest absolute Gasteiger partial charge is 0.0891 e. The molecule has 0 radical (unpaired) electrons. The molecule has 0 aromatic heterocycles. The molecule has 0 heterocycles. The van der Waals surface area contributed by atoms with Gasteiger partial charge in [0, 0.05) is 4.83 Å². The van der Waals surface area contributed by atoms with Gasteiger partial charge >= 0.3 is 0 Å². The van der Waals surface area contributed by atoms with Crippen LogP contribution in [0.1, 0.15) is 32.6 Å². The van der Waals surface area contributed by atoms with Crippen LogP contribution in [0.25, 0.3) is 0 Å². The summed E-state index contributed by atoms with van der Waals surface area (Å²) in [5, 5.41) is 0. The molecule has 0 N–H and O–H groups in total. The van der Waals surface area contributed by atoms with Crippen LogP contribution >= 0.6 is 15.9 Å². The number of halogens is 1. The highest BCUT2D eigenvalue weighted by Crippen LogP contribution is 2.27. The van der Waals surface area contributed by atoms with Gasteiger partial charge in [0.05, 0.1) is 0 Å². The average Bonchev–Trinajstić information content (AvgIpc) is 1.64. The molecule has 8 heavy (non-hydrogen) atoms. The smallest absolute Gasteiger partial charge is 0.0148 e. The van der Waals surface area contributed by atoms with E-state index < -0.39 is 0 Å². The SMILES string of the molecule is C[C@H]1CCCC(Br)C1. The summed E-state index contributed by atoms with van der Waals surface area (Å²) in [5.41, 5.74) is 0. The second-order valence-corrected chi connectivity index (χ2v) is 4.16. The average molecular weight is 177 g/mol. The lowest BCUT2D eigenvalue weighted by atomic mass is 9.91. The zero-order valence-electron chi connectivity index (χ0n) is 5.36. The van der Waals surface area contributed by atoms with E-state index in [0.717, 1.165) is 10.7 Å². The maximum absolute atomic E-state index is 3.63. The molecule has 0 spiro atoms. The van der Waals surface area contributed by atoms with Crippen molar-refractivity contribution in [2.75, 3.05) is 0 Å². The maximum Gasteiger partial charge on any atom is 0.0148 e. The summed E-state index contributed by atoms with van der Waals surface area (Å²) in [6.45, 7) is 2.34. The number of hydrogen-bond acceptors (Lipinski definition) is 0. The Morgan fingerprint density at radius 2 is 2.12 bits per heavy atom. The molecule has 0 aliphatic heterocycles. The standard InChI is InChI=1S/C7H13Br/c1-6-3-2-4-7(8)5-6/h6-7H,2-5H2,1H3/t6-,7?/m0/s1. The molecule has 1 unspecified atom stereocenters. The monoisotopic (exact) mass is 176 g/mol. The Morgan fingerprint density at radius 1 is 1.38 bits per heavy atom. The Balaban J connectivity index is 2.23. The molecule has 2 atom stereocenters. The van der Waals surface area contributed by atoms with Gasteiger partial charge in [-0.25, -0.2) is 0 Å². The van der Waals surface area contributed by atoms with Crippen molar-refractivity contribution in [3.05, 3.63) is 0 Å². The third-order valence-corrected chi connectivity index (χ3v) is 2.70. The van der Waals surface area contributed by atoms with Crippen molar-refractivity contribution in [2.45, 2.75) is 37.4 Å². The fourth-order valence-corrected chi connectivity index (χ4v) is 2.32. The van der Waals surface area contributed by atoms with Gasteiger partial charge in [0.15, 0.2) is 0 Å². The Morgan fingerprint density at radius 3 is 2.50 bits per heavy atom. The molecule has 1 rings (SSSR count). The molecule has 0 bridgehead atoms. The van der Waals surface area contributed by atoms with E-state index in [0.29, 0.717) is 0 Å². The van der Waals surface area contributed by atoms with Crippen molar-refractivity contribution in [1.82, 2.24) is 0 Å². The van der Waals surface area contributed by atoms with Crippen molar-refractivity contribution < 1.29 is 0 Å². The first kappa shape index (κ1) is 6.60. The third-order valence-electron chi connectivity index (χ3n) is 1.87. The molecule has 1 heteroatoms. The molecular weight excluding hydrogens is 164 g/mol. The highest BCUT2D eigenvalue weighted by atomic mass is 79.9. The topological polar surface area (TPSA) is 0 Å². The molecule has 0 nitrogen and oxygen atoms in total. The minimum atomic E-state index is 0.825. The molecule has 0 aromatic rings. The normalized spacial score (nSPS) is 39.8. The highest BCUT2D eigenvalue weighted by molar-refractivity contribution is 9.09. The van der Waals surface area contributed by atoms with Gasteiger partial charge in [0.25, 0.3) is 0 Å². The van der Waals surface area contributed by atoms with Crippen molar-refractivity contribution in [2.24, 2.45) is 5.92 Å². The number of alkyl halides is 1. The van der Waals surface area contributed by atoms with Crippen LogP contribution in [-0.4, -0.2) is 4.83 Å². The van der Waals surface area contributed by atoms with Crippen LogP contribution in [-0.2, 0) is 0 Å². The van der Waals surface area contributed by atoms with Gasteiger partial charge in [-0.1, -0.05) is 35.7 Å². The Bertz CT molecular complexity index is 62.8. The predicted octanol–water partition coefficient (Wildman–Crippen LogP) is 2.96. The van der Waals surface area contributed by atoms with Crippen LogP contribution in [0.15, 0.2) is 0 Å². The van der Waals surface area contributed by atoms with Gasteiger partial charge in [0.1, 0.15) is 0 Å². The van der Waals surface area contributed by atoms with E-state index in [9.17, 15) is 0 Å². The number of rotatable bonds is 0. The zero-order chi connectivity index (χ0) is 5.98. The molecule has 0 saturated heterocycles. The summed E-state index contributed by atoms with van der Waals surface area (Å²) < 4.78 is 0. The molecule has 0 amide bonds.